The Labute approximate surface area is 148 Å². The quantitative estimate of drug-likeness (QED) is 0.735. The highest BCUT2D eigenvalue weighted by atomic mass is 32.2. The number of carbonyl (C=O) groups is 2. The molecule has 2 heterocycles. The van der Waals surface area contributed by atoms with Gasteiger partial charge in [0.25, 0.3) is 0 Å². The molecule has 0 bridgehead atoms. The Morgan fingerprint density at radius 2 is 1.96 bits per heavy atom. The predicted molar refractivity (Wildman–Crippen MR) is 97.7 cm³/mol. The molecule has 7 heteroatoms. The van der Waals surface area contributed by atoms with E-state index in [1.807, 2.05) is 42.5 Å². The van der Waals surface area contributed by atoms with Crippen LogP contribution in [0.4, 0.5) is 11.4 Å². The molecule has 0 saturated heterocycles. The Hall–Kier alpha value is -2.93. The van der Waals surface area contributed by atoms with E-state index in [0.717, 1.165) is 16.5 Å². The number of benzene rings is 2. The van der Waals surface area contributed by atoms with Gasteiger partial charge < -0.3 is 10.2 Å². The Morgan fingerprint density at radius 1 is 1.16 bits per heavy atom. The average molecular weight is 350 g/mol. The maximum atomic E-state index is 12.7. The SMILES string of the molecule is O=C1CN(C(=O)CSc2nncc3ccccc23)c2ccccc2N1. The number of nitrogens with one attached hydrogen (secondary N) is 1. The van der Waals surface area contributed by atoms with E-state index < -0.39 is 0 Å². The maximum absolute atomic E-state index is 12.7. The smallest absolute Gasteiger partial charge is 0.244 e. The molecule has 3 aromatic rings. The summed E-state index contributed by atoms with van der Waals surface area (Å²) in [5.74, 6) is -0.145. The van der Waals surface area contributed by atoms with Crippen molar-refractivity contribution in [3.8, 4) is 0 Å². The van der Waals surface area contributed by atoms with Crippen molar-refractivity contribution >= 4 is 45.7 Å². The Kier molecular flexibility index (Phi) is 4.07. The van der Waals surface area contributed by atoms with Crippen LogP contribution in [0.15, 0.2) is 59.8 Å². The second-order valence-electron chi connectivity index (χ2n) is 5.57. The van der Waals surface area contributed by atoms with Gasteiger partial charge in [-0.1, -0.05) is 48.2 Å². The highest BCUT2D eigenvalue weighted by molar-refractivity contribution is 8.00. The molecule has 0 atom stereocenters. The molecule has 0 unspecified atom stereocenters. The molecule has 2 amide bonds. The molecule has 1 aliphatic rings. The van der Waals surface area contributed by atoms with Crippen LogP contribution in [-0.2, 0) is 9.59 Å². The van der Waals surface area contributed by atoms with E-state index in [2.05, 4.69) is 15.5 Å². The third-order valence-corrected chi connectivity index (χ3v) is 4.91. The number of amides is 2. The fraction of sp³-hybridized carbons (Fsp3) is 0.111. The highest BCUT2D eigenvalue weighted by Crippen LogP contribution is 2.30. The van der Waals surface area contributed by atoms with E-state index in [4.69, 9.17) is 0 Å². The van der Waals surface area contributed by atoms with E-state index >= 15 is 0 Å². The zero-order valence-electron chi connectivity index (χ0n) is 13.2. The molecule has 1 aromatic heterocycles. The summed E-state index contributed by atoms with van der Waals surface area (Å²) in [5, 5.41) is 13.6. The van der Waals surface area contributed by atoms with Crippen LogP contribution in [-0.4, -0.2) is 34.3 Å². The van der Waals surface area contributed by atoms with Crippen LogP contribution in [0, 0.1) is 0 Å². The summed E-state index contributed by atoms with van der Waals surface area (Å²) in [4.78, 5) is 26.1. The highest BCUT2D eigenvalue weighted by Gasteiger charge is 2.26. The molecule has 0 spiro atoms. The van der Waals surface area contributed by atoms with Gasteiger partial charge in [-0.25, -0.2) is 0 Å². The zero-order valence-corrected chi connectivity index (χ0v) is 14.0. The third kappa shape index (κ3) is 3.06. The minimum atomic E-state index is -0.193. The van der Waals surface area contributed by atoms with Gasteiger partial charge in [0.2, 0.25) is 11.8 Å². The average Bonchev–Trinajstić information content (AvgIpc) is 2.65. The van der Waals surface area contributed by atoms with E-state index in [0.29, 0.717) is 10.7 Å². The Bertz CT molecular complexity index is 971. The van der Waals surface area contributed by atoms with Gasteiger partial charge in [-0.05, 0) is 12.1 Å². The van der Waals surface area contributed by atoms with E-state index in [1.165, 1.54) is 16.7 Å². The minimum absolute atomic E-state index is 0.0254. The minimum Gasteiger partial charge on any atom is -0.323 e. The molecule has 1 N–H and O–H groups in total. The second-order valence-corrected chi connectivity index (χ2v) is 6.53. The first-order chi connectivity index (χ1) is 12.2. The van der Waals surface area contributed by atoms with Crippen LogP contribution in [0.25, 0.3) is 10.8 Å². The fourth-order valence-corrected chi connectivity index (χ4v) is 3.63. The molecule has 0 saturated carbocycles. The summed E-state index contributed by atoms with van der Waals surface area (Å²) in [6.07, 6.45) is 1.70. The third-order valence-electron chi connectivity index (χ3n) is 3.94. The van der Waals surface area contributed by atoms with Crippen molar-refractivity contribution in [3.63, 3.8) is 0 Å². The number of nitrogens with zero attached hydrogens (tertiary/aromatic N) is 3. The molecular weight excluding hydrogens is 336 g/mol. The first-order valence-electron chi connectivity index (χ1n) is 7.75. The molecule has 4 rings (SSSR count). The summed E-state index contributed by atoms with van der Waals surface area (Å²) in [5.41, 5.74) is 1.37. The summed E-state index contributed by atoms with van der Waals surface area (Å²) in [7, 11) is 0. The van der Waals surface area contributed by atoms with Crippen LogP contribution in [0.5, 0.6) is 0 Å². The normalized spacial score (nSPS) is 13.4. The van der Waals surface area contributed by atoms with Crippen molar-refractivity contribution in [2.24, 2.45) is 0 Å². The maximum Gasteiger partial charge on any atom is 0.244 e. The van der Waals surface area contributed by atoms with Crippen LogP contribution in [0.3, 0.4) is 0 Å². The number of para-hydroxylation sites is 2. The zero-order chi connectivity index (χ0) is 17.2. The van der Waals surface area contributed by atoms with Crippen molar-refractivity contribution < 1.29 is 9.59 Å². The largest absolute Gasteiger partial charge is 0.323 e. The lowest BCUT2D eigenvalue weighted by molar-refractivity contribution is -0.120. The van der Waals surface area contributed by atoms with Crippen molar-refractivity contribution in [1.29, 1.82) is 0 Å². The van der Waals surface area contributed by atoms with Gasteiger partial charge in [0.05, 0.1) is 23.3 Å². The molecule has 1 aliphatic heterocycles. The van der Waals surface area contributed by atoms with Crippen molar-refractivity contribution in [2.45, 2.75) is 5.03 Å². The summed E-state index contributed by atoms with van der Waals surface area (Å²) in [6.45, 7) is 0.0254. The Balaban J connectivity index is 1.56. The molecule has 0 radical (unpaired) electrons. The van der Waals surface area contributed by atoms with Gasteiger partial charge in [-0.3, -0.25) is 9.59 Å². The number of hydrogen-bond acceptors (Lipinski definition) is 5. The number of hydrogen-bond donors (Lipinski definition) is 1. The van der Waals surface area contributed by atoms with Gasteiger partial charge in [0.15, 0.2) is 0 Å². The number of aromatic nitrogens is 2. The van der Waals surface area contributed by atoms with Crippen LogP contribution in [0.1, 0.15) is 0 Å². The molecular formula is C18H14N4O2S. The molecule has 25 heavy (non-hydrogen) atoms. The van der Waals surface area contributed by atoms with Crippen molar-refractivity contribution in [3.05, 3.63) is 54.7 Å². The number of thioether (sulfide) groups is 1. The number of carbonyl (C=O) groups excluding carboxylic acids is 2. The van der Waals surface area contributed by atoms with Gasteiger partial charge >= 0.3 is 0 Å². The van der Waals surface area contributed by atoms with Crippen LogP contribution < -0.4 is 10.2 Å². The first kappa shape index (κ1) is 15.6. The number of anilines is 2. The summed E-state index contributed by atoms with van der Waals surface area (Å²) in [6, 6.07) is 15.1. The van der Waals surface area contributed by atoms with E-state index in [9.17, 15) is 9.59 Å². The lowest BCUT2D eigenvalue weighted by Gasteiger charge is -2.29. The van der Waals surface area contributed by atoms with Gasteiger partial charge in [-0.2, -0.15) is 5.10 Å². The monoisotopic (exact) mass is 350 g/mol. The molecule has 6 nitrogen and oxygen atoms in total. The first-order valence-corrected chi connectivity index (χ1v) is 8.73. The van der Waals surface area contributed by atoms with E-state index in [1.54, 1.807) is 12.3 Å². The van der Waals surface area contributed by atoms with Crippen LogP contribution >= 0.6 is 11.8 Å². The van der Waals surface area contributed by atoms with Gasteiger partial charge in [-0.15, -0.1) is 5.10 Å². The lowest BCUT2D eigenvalue weighted by atomic mass is 10.2. The predicted octanol–water partition coefficient (Wildman–Crippen LogP) is 2.71. The van der Waals surface area contributed by atoms with Crippen molar-refractivity contribution in [2.75, 3.05) is 22.5 Å². The molecule has 124 valence electrons. The van der Waals surface area contributed by atoms with Crippen molar-refractivity contribution in [1.82, 2.24) is 10.2 Å². The molecule has 0 fully saturated rings. The van der Waals surface area contributed by atoms with Crippen LogP contribution in [0.2, 0.25) is 0 Å². The summed E-state index contributed by atoms with van der Waals surface area (Å²) >= 11 is 1.33. The fourth-order valence-electron chi connectivity index (χ4n) is 2.77. The number of rotatable bonds is 3. The Morgan fingerprint density at radius 3 is 2.88 bits per heavy atom. The van der Waals surface area contributed by atoms with Gasteiger partial charge in [0.1, 0.15) is 11.6 Å². The number of fused-ring (bicyclic) bond motifs is 2. The molecule has 0 aliphatic carbocycles. The van der Waals surface area contributed by atoms with Gasteiger partial charge in [0, 0.05) is 10.8 Å². The standard InChI is InChI=1S/C18H14N4O2S/c23-16-10-22(15-8-4-3-7-14(15)20-16)17(24)11-25-18-13-6-2-1-5-12(13)9-19-21-18/h1-9H,10-11H2,(H,20,23). The molecule has 2 aromatic carbocycles. The second kappa shape index (κ2) is 6.52. The lowest BCUT2D eigenvalue weighted by Crippen LogP contribution is -2.43. The topological polar surface area (TPSA) is 75.2 Å². The van der Waals surface area contributed by atoms with E-state index in [-0.39, 0.29) is 24.1 Å². The summed E-state index contributed by atoms with van der Waals surface area (Å²) < 4.78 is 0.